The number of hydrogen-bond donors (Lipinski definition) is 1. The van der Waals surface area contributed by atoms with Crippen LogP contribution in [0.3, 0.4) is 0 Å². The maximum absolute atomic E-state index is 13.5. The first-order valence-electron chi connectivity index (χ1n) is 5.85. The molecule has 94 valence electrons. The molecule has 18 heavy (non-hydrogen) atoms. The maximum atomic E-state index is 13.5. The quantitative estimate of drug-likeness (QED) is 0.878. The molecule has 0 saturated carbocycles. The molecule has 0 spiro atoms. The molecule has 0 saturated heterocycles. The molecule has 0 fully saturated rings. The predicted octanol–water partition coefficient (Wildman–Crippen LogP) is 4.54. The molecule has 1 nitrogen and oxygen atoms in total. The van der Waals surface area contributed by atoms with Crippen LogP contribution in [0, 0.1) is 5.82 Å². The fraction of sp³-hybridized carbons (Fsp3) is 0.200. The van der Waals surface area contributed by atoms with E-state index < -0.39 is 0 Å². The van der Waals surface area contributed by atoms with Crippen LogP contribution >= 0.6 is 15.9 Å². The first-order chi connectivity index (χ1) is 8.63. The Labute approximate surface area is 115 Å². The lowest BCUT2D eigenvalue weighted by atomic mass is 9.95. The van der Waals surface area contributed by atoms with Gasteiger partial charge >= 0.3 is 0 Å². The topological polar surface area (TPSA) is 12.0 Å². The summed E-state index contributed by atoms with van der Waals surface area (Å²) in [5, 5.41) is 3.19. The maximum Gasteiger partial charge on any atom is 0.123 e. The number of nitrogens with one attached hydrogen (secondary N) is 1. The highest BCUT2D eigenvalue weighted by molar-refractivity contribution is 9.10. The van der Waals surface area contributed by atoms with Crippen LogP contribution in [0.2, 0.25) is 0 Å². The van der Waals surface area contributed by atoms with Crippen LogP contribution < -0.4 is 5.32 Å². The van der Waals surface area contributed by atoms with Crippen molar-refractivity contribution in [3.8, 4) is 11.1 Å². The van der Waals surface area contributed by atoms with Crippen molar-refractivity contribution in [1.29, 1.82) is 0 Å². The van der Waals surface area contributed by atoms with Gasteiger partial charge in [0.2, 0.25) is 0 Å². The molecule has 0 radical (unpaired) electrons. The van der Waals surface area contributed by atoms with Crippen molar-refractivity contribution in [3.63, 3.8) is 0 Å². The molecule has 0 aliphatic heterocycles. The molecule has 0 heterocycles. The summed E-state index contributed by atoms with van der Waals surface area (Å²) in [5.41, 5.74) is 3.02. The molecule has 2 aromatic carbocycles. The van der Waals surface area contributed by atoms with Crippen molar-refractivity contribution in [2.24, 2.45) is 0 Å². The third-order valence-corrected chi connectivity index (χ3v) is 3.77. The van der Waals surface area contributed by atoms with Crippen molar-refractivity contribution >= 4 is 15.9 Å². The number of hydrogen-bond acceptors (Lipinski definition) is 1. The molecule has 0 aliphatic carbocycles. The molecule has 0 aliphatic rings. The highest BCUT2D eigenvalue weighted by Gasteiger charge is 2.13. The largest absolute Gasteiger partial charge is 0.313 e. The zero-order valence-electron chi connectivity index (χ0n) is 10.4. The molecular weight excluding hydrogens is 293 g/mol. The Morgan fingerprint density at radius 2 is 1.83 bits per heavy atom. The van der Waals surface area contributed by atoms with Gasteiger partial charge in [0, 0.05) is 10.5 Å². The Morgan fingerprint density at radius 3 is 2.50 bits per heavy atom. The Bertz CT molecular complexity index is 554. The van der Waals surface area contributed by atoms with Crippen LogP contribution in [0.1, 0.15) is 18.5 Å². The molecule has 3 heteroatoms. The van der Waals surface area contributed by atoms with Gasteiger partial charge in [-0.1, -0.05) is 40.2 Å². The summed E-state index contributed by atoms with van der Waals surface area (Å²) < 4.78 is 14.5. The van der Waals surface area contributed by atoms with Crippen molar-refractivity contribution in [3.05, 3.63) is 58.3 Å². The number of rotatable bonds is 3. The predicted molar refractivity (Wildman–Crippen MR) is 77.0 cm³/mol. The molecule has 1 unspecified atom stereocenters. The second-order valence-corrected chi connectivity index (χ2v) is 5.08. The summed E-state index contributed by atoms with van der Waals surface area (Å²) in [7, 11) is 1.90. The highest BCUT2D eigenvalue weighted by atomic mass is 79.9. The number of halogens is 2. The van der Waals surface area contributed by atoms with E-state index in [2.05, 4.69) is 28.2 Å². The van der Waals surface area contributed by atoms with Crippen molar-refractivity contribution in [2.45, 2.75) is 13.0 Å². The van der Waals surface area contributed by atoms with Gasteiger partial charge in [0.25, 0.3) is 0 Å². The van der Waals surface area contributed by atoms with E-state index in [1.165, 1.54) is 6.07 Å². The molecule has 1 atom stereocenters. The van der Waals surface area contributed by atoms with Crippen molar-refractivity contribution in [2.75, 3.05) is 7.05 Å². The first-order valence-corrected chi connectivity index (χ1v) is 6.64. The van der Waals surface area contributed by atoms with Crippen LogP contribution in [0.4, 0.5) is 4.39 Å². The van der Waals surface area contributed by atoms with Gasteiger partial charge in [0.15, 0.2) is 0 Å². The smallest absolute Gasteiger partial charge is 0.123 e. The third kappa shape index (κ3) is 2.62. The second-order valence-electron chi connectivity index (χ2n) is 4.22. The SMILES string of the molecule is CNC(C)c1ccc(F)cc1-c1ccccc1Br. The van der Waals surface area contributed by atoms with Crippen molar-refractivity contribution in [1.82, 2.24) is 5.32 Å². The van der Waals surface area contributed by atoms with E-state index in [1.807, 2.05) is 37.4 Å². The highest BCUT2D eigenvalue weighted by Crippen LogP contribution is 2.33. The average Bonchev–Trinajstić information content (AvgIpc) is 2.38. The van der Waals surface area contributed by atoms with Crippen LogP contribution in [0.25, 0.3) is 11.1 Å². The van der Waals surface area contributed by atoms with Gasteiger partial charge < -0.3 is 5.32 Å². The molecule has 0 aromatic heterocycles. The van der Waals surface area contributed by atoms with E-state index in [0.29, 0.717) is 0 Å². The zero-order chi connectivity index (χ0) is 13.1. The second kappa shape index (κ2) is 5.63. The van der Waals surface area contributed by atoms with E-state index in [1.54, 1.807) is 6.07 Å². The fourth-order valence-electron chi connectivity index (χ4n) is 1.97. The molecule has 0 bridgehead atoms. The number of benzene rings is 2. The standard InChI is InChI=1S/C15H15BrFN/c1-10(18-2)12-8-7-11(17)9-14(12)13-5-3-4-6-15(13)16/h3-10,18H,1-2H3. The van der Waals surface area contributed by atoms with Gasteiger partial charge in [-0.3, -0.25) is 0 Å². The third-order valence-electron chi connectivity index (χ3n) is 3.08. The monoisotopic (exact) mass is 307 g/mol. The molecule has 0 amide bonds. The van der Waals surface area contributed by atoms with E-state index in [4.69, 9.17) is 0 Å². The zero-order valence-corrected chi connectivity index (χ0v) is 12.0. The first kappa shape index (κ1) is 13.2. The molecular formula is C15H15BrFN. The van der Waals surface area contributed by atoms with Gasteiger partial charge in [-0.15, -0.1) is 0 Å². The van der Waals surface area contributed by atoms with Crippen molar-refractivity contribution < 1.29 is 4.39 Å². The van der Waals surface area contributed by atoms with Gasteiger partial charge in [0.05, 0.1) is 0 Å². The van der Waals surface area contributed by atoms with Gasteiger partial charge in [0.1, 0.15) is 5.82 Å². The van der Waals surface area contributed by atoms with Crippen LogP contribution in [0.15, 0.2) is 46.9 Å². The summed E-state index contributed by atoms with van der Waals surface area (Å²) in [4.78, 5) is 0. The Hall–Kier alpha value is -1.19. The minimum atomic E-state index is -0.215. The Kier molecular flexibility index (Phi) is 4.15. The van der Waals surface area contributed by atoms with E-state index in [0.717, 1.165) is 21.2 Å². The van der Waals surface area contributed by atoms with Gasteiger partial charge in [-0.05, 0) is 48.9 Å². The summed E-state index contributed by atoms with van der Waals surface area (Å²) >= 11 is 3.52. The lowest BCUT2D eigenvalue weighted by Gasteiger charge is -2.17. The van der Waals surface area contributed by atoms with Gasteiger partial charge in [-0.2, -0.15) is 0 Å². The van der Waals surface area contributed by atoms with Crippen LogP contribution in [0.5, 0.6) is 0 Å². The van der Waals surface area contributed by atoms with Gasteiger partial charge in [-0.25, -0.2) is 4.39 Å². The minimum Gasteiger partial charge on any atom is -0.313 e. The normalized spacial score (nSPS) is 12.4. The average molecular weight is 308 g/mol. The molecule has 1 N–H and O–H groups in total. The fourth-order valence-corrected chi connectivity index (χ4v) is 2.47. The Balaban J connectivity index is 2.62. The summed E-state index contributed by atoms with van der Waals surface area (Å²) in [6.07, 6.45) is 0. The summed E-state index contributed by atoms with van der Waals surface area (Å²) in [6, 6.07) is 13.0. The summed E-state index contributed by atoms with van der Waals surface area (Å²) in [6.45, 7) is 2.06. The molecule has 2 aromatic rings. The minimum absolute atomic E-state index is 0.174. The lowest BCUT2D eigenvalue weighted by molar-refractivity contribution is 0.620. The van der Waals surface area contributed by atoms with Crippen LogP contribution in [-0.2, 0) is 0 Å². The van der Waals surface area contributed by atoms with E-state index >= 15 is 0 Å². The Morgan fingerprint density at radius 1 is 1.11 bits per heavy atom. The lowest BCUT2D eigenvalue weighted by Crippen LogP contribution is -2.13. The van der Waals surface area contributed by atoms with E-state index in [-0.39, 0.29) is 11.9 Å². The van der Waals surface area contributed by atoms with E-state index in [9.17, 15) is 4.39 Å². The van der Waals surface area contributed by atoms with Crippen LogP contribution in [-0.4, -0.2) is 7.05 Å². The molecule has 2 rings (SSSR count). The summed E-state index contributed by atoms with van der Waals surface area (Å²) in [5.74, 6) is -0.215.